The van der Waals surface area contributed by atoms with Crippen molar-refractivity contribution in [3.63, 3.8) is 0 Å². The highest BCUT2D eigenvalue weighted by atomic mass is 16.1. The molecule has 0 amide bonds. The molecule has 4 heteroatoms. The van der Waals surface area contributed by atoms with Gasteiger partial charge in [-0.15, -0.1) is 0 Å². The molecule has 0 bridgehead atoms. The summed E-state index contributed by atoms with van der Waals surface area (Å²) in [6, 6.07) is 23.3. The molecule has 0 spiro atoms. The van der Waals surface area contributed by atoms with Crippen LogP contribution >= 0.6 is 0 Å². The first-order valence-corrected chi connectivity index (χ1v) is 11.7. The quantitative estimate of drug-likeness (QED) is 0.400. The molecule has 1 aromatic heterocycles. The molecular formula is C28H31BN2O. The lowest BCUT2D eigenvalue weighted by molar-refractivity contribution is 0.762. The van der Waals surface area contributed by atoms with E-state index in [-0.39, 0.29) is 5.69 Å². The lowest BCUT2D eigenvalue weighted by atomic mass is 9.95. The van der Waals surface area contributed by atoms with E-state index in [4.69, 9.17) is 0 Å². The van der Waals surface area contributed by atoms with E-state index in [9.17, 15) is 4.79 Å². The van der Waals surface area contributed by atoms with Gasteiger partial charge in [0, 0.05) is 10.9 Å². The summed E-state index contributed by atoms with van der Waals surface area (Å²) >= 11 is 0. The summed E-state index contributed by atoms with van der Waals surface area (Å²) in [4.78, 5) is 17.8. The molecule has 4 aromatic rings. The van der Waals surface area contributed by atoms with E-state index in [0.29, 0.717) is 12.5 Å². The highest BCUT2D eigenvalue weighted by Crippen LogP contribution is 2.28. The lowest BCUT2D eigenvalue weighted by Gasteiger charge is -2.15. The summed E-state index contributed by atoms with van der Waals surface area (Å²) in [6.45, 7) is 7.11. The fourth-order valence-corrected chi connectivity index (χ4v) is 4.14. The van der Waals surface area contributed by atoms with Crippen molar-refractivity contribution in [2.75, 3.05) is 0 Å². The Morgan fingerprint density at radius 2 is 1.62 bits per heavy atom. The molecule has 0 fully saturated rings. The van der Waals surface area contributed by atoms with Gasteiger partial charge in [0.15, 0.2) is 0 Å². The molecule has 3 nitrogen and oxygen atoms in total. The minimum atomic E-state index is -0.206. The summed E-state index contributed by atoms with van der Waals surface area (Å²) in [7, 11) is 2.07. The van der Waals surface area contributed by atoms with E-state index >= 15 is 0 Å². The van der Waals surface area contributed by atoms with Crippen molar-refractivity contribution in [3.05, 3.63) is 93.9 Å². The average molecular weight is 422 g/mol. The van der Waals surface area contributed by atoms with Crippen LogP contribution in [0, 0.1) is 0 Å². The molecule has 162 valence electrons. The SMILES string of the molecule is Bc1ccc(Cn2c(=O)nc(-c3ccc(C(C)C)cc3)c3cc(CCCC)ccc32)cc1. The molecule has 0 radical (unpaired) electrons. The van der Waals surface area contributed by atoms with Crippen molar-refractivity contribution in [2.24, 2.45) is 0 Å². The van der Waals surface area contributed by atoms with Crippen LogP contribution in [-0.4, -0.2) is 17.4 Å². The smallest absolute Gasteiger partial charge is 0.287 e. The number of aromatic nitrogens is 2. The van der Waals surface area contributed by atoms with E-state index in [1.807, 2.05) is 0 Å². The van der Waals surface area contributed by atoms with Crippen molar-refractivity contribution in [2.45, 2.75) is 52.5 Å². The van der Waals surface area contributed by atoms with Crippen LogP contribution in [0.4, 0.5) is 0 Å². The maximum Gasteiger partial charge on any atom is 0.348 e. The van der Waals surface area contributed by atoms with Crippen molar-refractivity contribution in [1.82, 2.24) is 9.55 Å². The topological polar surface area (TPSA) is 34.9 Å². The molecule has 1 heterocycles. The number of fused-ring (bicyclic) bond motifs is 1. The van der Waals surface area contributed by atoms with Crippen molar-refractivity contribution >= 4 is 24.2 Å². The Hall–Kier alpha value is -3.14. The Balaban J connectivity index is 1.87. The van der Waals surface area contributed by atoms with Crippen LogP contribution < -0.4 is 11.2 Å². The molecule has 0 atom stereocenters. The van der Waals surface area contributed by atoms with E-state index < -0.39 is 0 Å². The van der Waals surface area contributed by atoms with Gasteiger partial charge in [0.05, 0.1) is 17.8 Å². The number of unbranched alkanes of at least 4 members (excludes halogenated alkanes) is 1. The van der Waals surface area contributed by atoms with Gasteiger partial charge in [0.2, 0.25) is 0 Å². The molecule has 4 rings (SSSR count). The standard InChI is InChI=1S/C28H31BN2O/c1-4-5-6-20-9-16-26-25(17-20)27(23-12-10-22(11-13-23)19(2)3)30-28(32)31(26)18-21-7-14-24(29)15-8-21/h7-17,19H,4-6,18,29H2,1-3H3. The van der Waals surface area contributed by atoms with Gasteiger partial charge in [-0.2, -0.15) is 4.98 Å². The third-order valence-corrected chi connectivity index (χ3v) is 6.18. The Morgan fingerprint density at radius 3 is 2.28 bits per heavy atom. The second-order valence-electron chi connectivity index (χ2n) is 9.05. The van der Waals surface area contributed by atoms with Gasteiger partial charge in [-0.25, -0.2) is 4.79 Å². The van der Waals surface area contributed by atoms with Crippen LogP contribution in [0.5, 0.6) is 0 Å². The summed E-state index contributed by atoms with van der Waals surface area (Å²) in [6.07, 6.45) is 3.35. The number of rotatable bonds is 7. The Bertz CT molecular complexity index is 1270. The minimum Gasteiger partial charge on any atom is -0.287 e. The van der Waals surface area contributed by atoms with Gasteiger partial charge in [-0.1, -0.05) is 87.3 Å². The molecule has 32 heavy (non-hydrogen) atoms. The van der Waals surface area contributed by atoms with Gasteiger partial charge >= 0.3 is 5.69 Å². The van der Waals surface area contributed by atoms with Crippen LogP contribution in [0.15, 0.2) is 71.5 Å². The molecule has 0 aliphatic carbocycles. The highest BCUT2D eigenvalue weighted by Gasteiger charge is 2.14. The predicted molar refractivity (Wildman–Crippen MR) is 138 cm³/mol. The van der Waals surface area contributed by atoms with Crippen molar-refractivity contribution < 1.29 is 0 Å². The van der Waals surface area contributed by atoms with Gasteiger partial charge < -0.3 is 0 Å². The second-order valence-corrected chi connectivity index (χ2v) is 9.05. The Labute approximate surface area is 191 Å². The van der Waals surface area contributed by atoms with E-state index in [1.54, 1.807) is 4.57 Å². The molecule has 0 saturated heterocycles. The highest BCUT2D eigenvalue weighted by molar-refractivity contribution is 6.32. The molecule has 3 aromatic carbocycles. The van der Waals surface area contributed by atoms with Crippen molar-refractivity contribution in [3.8, 4) is 11.3 Å². The molecule has 0 saturated carbocycles. The fourth-order valence-electron chi connectivity index (χ4n) is 4.14. The van der Waals surface area contributed by atoms with Gasteiger partial charge in [0.1, 0.15) is 7.85 Å². The van der Waals surface area contributed by atoms with Crippen LogP contribution in [0.1, 0.15) is 56.2 Å². The first kappa shape index (κ1) is 22.1. The maximum absolute atomic E-state index is 13.2. The largest absolute Gasteiger partial charge is 0.348 e. The van der Waals surface area contributed by atoms with Gasteiger partial charge in [-0.3, -0.25) is 4.57 Å². The Kier molecular flexibility index (Phi) is 6.59. The van der Waals surface area contributed by atoms with E-state index in [2.05, 4.69) is 100 Å². The van der Waals surface area contributed by atoms with E-state index in [0.717, 1.165) is 47.0 Å². The zero-order valence-corrected chi connectivity index (χ0v) is 19.6. The predicted octanol–water partition coefficient (Wildman–Crippen LogP) is 4.84. The zero-order chi connectivity index (χ0) is 22.7. The van der Waals surface area contributed by atoms with Crippen LogP contribution in [0.3, 0.4) is 0 Å². The number of nitrogens with zero attached hydrogens (tertiary/aromatic N) is 2. The molecule has 0 aliphatic rings. The number of aryl methyl sites for hydroxylation is 1. The number of benzene rings is 3. The van der Waals surface area contributed by atoms with Crippen LogP contribution in [0.25, 0.3) is 22.2 Å². The van der Waals surface area contributed by atoms with Crippen LogP contribution in [0.2, 0.25) is 0 Å². The van der Waals surface area contributed by atoms with Crippen LogP contribution in [-0.2, 0) is 13.0 Å². The normalized spacial score (nSPS) is 11.4. The third kappa shape index (κ3) is 4.70. The van der Waals surface area contributed by atoms with E-state index in [1.165, 1.54) is 16.6 Å². The molecule has 0 aliphatic heterocycles. The monoisotopic (exact) mass is 422 g/mol. The number of hydrogen-bond donors (Lipinski definition) is 0. The molecular weight excluding hydrogens is 391 g/mol. The summed E-state index contributed by atoms with van der Waals surface area (Å²) in [5.41, 5.74) is 7.40. The number of hydrogen-bond acceptors (Lipinski definition) is 2. The lowest BCUT2D eigenvalue weighted by Crippen LogP contribution is -2.25. The molecule has 0 unspecified atom stereocenters. The average Bonchev–Trinajstić information content (AvgIpc) is 2.80. The first-order chi connectivity index (χ1) is 15.5. The van der Waals surface area contributed by atoms with Gasteiger partial charge in [-0.05, 0) is 47.6 Å². The maximum atomic E-state index is 13.2. The third-order valence-electron chi connectivity index (χ3n) is 6.18. The second kappa shape index (κ2) is 9.56. The summed E-state index contributed by atoms with van der Waals surface area (Å²) in [5.74, 6) is 0.469. The van der Waals surface area contributed by atoms with Gasteiger partial charge in [0.25, 0.3) is 0 Å². The molecule has 0 N–H and O–H groups in total. The zero-order valence-electron chi connectivity index (χ0n) is 19.6. The summed E-state index contributed by atoms with van der Waals surface area (Å²) < 4.78 is 1.80. The summed E-state index contributed by atoms with van der Waals surface area (Å²) in [5, 5.41) is 1.04. The Morgan fingerprint density at radius 1 is 0.938 bits per heavy atom. The first-order valence-electron chi connectivity index (χ1n) is 11.7. The minimum absolute atomic E-state index is 0.206. The van der Waals surface area contributed by atoms with Crippen molar-refractivity contribution in [1.29, 1.82) is 0 Å². The fraction of sp³-hybridized carbons (Fsp3) is 0.286.